The van der Waals surface area contributed by atoms with E-state index in [2.05, 4.69) is 21.2 Å². The van der Waals surface area contributed by atoms with Crippen LogP contribution in [0.2, 0.25) is 0 Å². The van der Waals surface area contributed by atoms with E-state index >= 15 is 0 Å². The van der Waals surface area contributed by atoms with Crippen LogP contribution >= 0.6 is 0 Å². The van der Waals surface area contributed by atoms with Gasteiger partial charge >= 0.3 is 0 Å². The smallest absolute Gasteiger partial charge is 0.255 e. The highest BCUT2D eigenvalue weighted by molar-refractivity contribution is 6.05. The molecular formula is C22H29N5O3. The Hall–Kier alpha value is -2.29. The average molecular weight is 412 g/mol. The molecule has 0 spiro atoms. The van der Waals surface area contributed by atoms with E-state index < -0.39 is 6.04 Å². The third-order valence-corrected chi connectivity index (χ3v) is 7.08. The lowest BCUT2D eigenvalue weighted by Crippen LogP contribution is -2.61. The molecule has 8 heteroatoms. The predicted octanol–water partition coefficient (Wildman–Crippen LogP) is 0.0549. The molecule has 1 unspecified atom stereocenters. The SMILES string of the molecule is NC1CN(C2CCN(Cc3cccc4c3CN(C3CCC(=O)NC3=O)C4=O)CC2)C1. The molecule has 0 radical (unpaired) electrons. The van der Waals surface area contributed by atoms with E-state index in [1.54, 1.807) is 4.90 Å². The van der Waals surface area contributed by atoms with E-state index in [-0.39, 0.29) is 24.1 Å². The van der Waals surface area contributed by atoms with Crippen molar-refractivity contribution in [2.75, 3.05) is 26.2 Å². The van der Waals surface area contributed by atoms with Gasteiger partial charge in [0.2, 0.25) is 11.8 Å². The van der Waals surface area contributed by atoms with Crippen molar-refractivity contribution < 1.29 is 14.4 Å². The number of rotatable bonds is 4. The Morgan fingerprint density at radius 2 is 1.83 bits per heavy atom. The van der Waals surface area contributed by atoms with E-state index in [1.807, 2.05) is 12.1 Å². The van der Waals surface area contributed by atoms with Gasteiger partial charge in [0.15, 0.2) is 0 Å². The maximum Gasteiger partial charge on any atom is 0.255 e. The van der Waals surface area contributed by atoms with Gasteiger partial charge in [-0.05, 0) is 49.5 Å². The van der Waals surface area contributed by atoms with Gasteiger partial charge in [0, 0.05) is 50.2 Å². The molecule has 8 nitrogen and oxygen atoms in total. The van der Waals surface area contributed by atoms with Crippen molar-refractivity contribution in [3.8, 4) is 0 Å². The molecule has 0 aliphatic carbocycles. The summed E-state index contributed by atoms with van der Waals surface area (Å²) in [5, 5.41) is 2.37. The summed E-state index contributed by atoms with van der Waals surface area (Å²) in [5.41, 5.74) is 8.82. The lowest BCUT2D eigenvalue weighted by molar-refractivity contribution is -0.136. The minimum atomic E-state index is -0.561. The van der Waals surface area contributed by atoms with Crippen LogP contribution in [0.3, 0.4) is 0 Å². The second-order valence-corrected chi connectivity index (χ2v) is 9.06. The van der Waals surface area contributed by atoms with Gasteiger partial charge in [0.1, 0.15) is 6.04 Å². The number of nitrogens with one attached hydrogen (secondary N) is 1. The third-order valence-electron chi connectivity index (χ3n) is 7.08. The zero-order chi connectivity index (χ0) is 20.8. The Morgan fingerprint density at radius 3 is 2.53 bits per heavy atom. The van der Waals surface area contributed by atoms with Gasteiger partial charge in [-0.25, -0.2) is 0 Å². The Kier molecular flexibility index (Phi) is 5.08. The van der Waals surface area contributed by atoms with Gasteiger partial charge < -0.3 is 10.6 Å². The molecule has 1 aromatic rings. The van der Waals surface area contributed by atoms with Crippen molar-refractivity contribution in [3.05, 3.63) is 34.9 Å². The second kappa shape index (κ2) is 7.76. The van der Waals surface area contributed by atoms with E-state index in [4.69, 9.17) is 5.73 Å². The molecule has 0 saturated carbocycles. The zero-order valence-electron chi connectivity index (χ0n) is 17.2. The molecule has 30 heavy (non-hydrogen) atoms. The summed E-state index contributed by atoms with van der Waals surface area (Å²) in [7, 11) is 0. The fraction of sp³-hybridized carbons (Fsp3) is 0.591. The first-order valence-electron chi connectivity index (χ1n) is 11.0. The van der Waals surface area contributed by atoms with Gasteiger partial charge in [-0.15, -0.1) is 0 Å². The summed E-state index contributed by atoms with van der Waals surface area (Å²) < 4.78 is 0. The highest BCUT2D eigenvalue weighted by Crippen LogP contribution is 2.31. The number of hydrogen-bond acceptors (Lipinski definition) is 6. The summed E-state index contributed by atoms with van der Waals surface area (Å²) in [6.07, 6.45) is 2.99. The average Bonchev–Trinajstić information content (AvgIpc) is 3.04. The quantitative estimate of drug-likeness (QED) is 0.680. The molecule has 3 N–H and O–H groups in total. The molecule has 4 heterocycles. The lowest BCUT2D eigenvalue weighted by atomic mass is 9.96. The highest BCUT2D eigenvalue weighted by Gasteiger charge is 2.40. The summed E-state index contributed by atoms with van der Waals surface area (Å²) in [5.74, 6) is -0.722. The number of fused-ring (bicyclic) bond motifs is 1. The van der Waals surface area contributed by atoms with Crippen LogP contribution in [0.5, 0.6) is 0 Å². The van der Waals surface area contributed by atoms with Gasteiger partial charge in [0.25, 0.3) is 5.91 Å². The molecule has 4 aliphatic rings. The number of carbonyl (C=O) groups is 3. The number of amides is 3. The summed E-state index contributed by atoms with van der Waals surface area (Å²) in [6, 6.07) is 6.32. The molecule has 3 amide bonds. The number of hydrogen-bond donors (Lipinski definition) is 2. The predicted molar refractivity (Wildman–Crippen MR) is 110 cm³/mol. The zero-order valence-corrected chi connectivity index (χ0v) is 17.2. The van der Waals surface area contributed by atoms with Crippen molar-refractivity contribution in [2.24, 2.45) is 5.73 Å². The van der Waals surface area contributed by atoms with Gasteiger partial charge in [-0.3, -0.25) is 29.5 Å². The number of piperidine rings is 2. The first kappa shape index (κ1) is 19.7. The number of carbonyl (C=O) groups excluding carboxylic acids is 3. The van der Waals surface area contributed by atoms with Crippen molar-refractivity contribution in [1.29, 1.82) is 0 Å². The fourth-order valence-corrected chi connectivity index (χ4v) is 5.33. The summed E-state index contributed by atoms with van der Waals surface area (Å²) >= 11 is 0. The van der Waals surface area contributed by atoms with Gasteiger partial charge in [-0.2, -0.15) is 0 Å². The number of benzene rings is 1. The first-order valence-corrected chi connectivity index (χ1v) is 11.0. The molecule has 3 fully saturated rings. The minimum Gasteiger partial charge on any atom is -0.325 e. The lowest BCUT2D eigenvalue weighted by Gasteiger charge is -2.46. The first-order chi connectivity index (χ1) is 14.5. The van der Waals surface area contributed by atoms with Crippen LogP contribution in [0.4, 0.5) is 0 Å². The maximum atomic E-state index is 13.0. The Balaban J connectivity index is 1.25. The summed E-state index contributed by atoms with van der Waals surface area (Å²) in [6.45, 7) is 5.41. The monoisotopic (exact) mass is 411 g/mol. The van der Waals surface area contributed by atoms with E-state index in [9.17, 15) is 14.4 Å². The van der Waals surface area contributed by atoms with Gasteiger partial charge in [-0.1, -0.05) is 12.1 Å². The molecule has 1 aromatic carbocycles. The fourth-order valence-electron chi connectivity index (χ4n) is 5.33. The molecule has 1 atom stereocenters. The normalized spacial score (nSPS) is 26.6. The minimum absolute atomic E-state index is 0.103. The third kappa shape index (κ3) is 3.53. The van der Waals surface area contributed by atoms with Crippen LogP contribution in [-0.2, 0) is 22.7 Å². The Labute approximate surface area is 176 Å². The standard InChI is InChI=1S/C22H29N5O3/c23-15-11-26(12-15)16-6-8-25(9-7-16)10-14-2-1-3-17-18(14)13-27(22(17)30)19-4-5-20(28)24-21(19)29/h1-3,15-16,19H,4-13,23H2,(H,24,28,29). The largest absolute Gasteiger partial charge is 0.325 e. The van der Waals surface area contributed by atoms with Crippen molar-refractivity contribution in [3.63, 3.8) is 0 Å². The van der Waals surface area contributed by atoms with E-state index in [0.717, 1.165) is 51.1 Å². The van der Waals surface area contributed by atoms with Crippen molar-refractivity contribution >= 4 is 17.7 Å². The summed E-state index contributed by atoms with van der Waals surface area (Å²) in [4.78, 5) is 43.3. The molecular weight excluding hydrogens is 382 g/mol. The number of imide groups is 1. The van der Waals surface area contributed by atoms with Crippen LogP contribution in [0.25, 0.3) is 0 Å². The van der Waals surface area contributed by atoms with E-state index in [0.29, 0.717) is 30.6 Å². The van der Waals surface area contributed by atoms with Crippen LogP contribution in [0, 0.1) is 0 Å². The molecule has 4 aliphatic heterocycles. The molecule has 0 aromatic heterocycles. The highest BCUT2D eigenvalue weighted by atomic mass is 16.2. The molecule has 3 saturated heterocycles. The van der Waals surface area contributed by atoms with Crippen molar-refractivity contribution in [2.45, 2.75) is 56.9 Å². The number of likely N-dealkylation sites (tertiary alicyclic amines) is 2. The number of nitrogens with two attached hydrogens (primary N) is 1. The molecule has 5 rings (SSSR count). The topological polar surface area (TPSA) is 99.0 Å². The van der Waals surface area contributed by atoms with Crippen molar-refractivity contribution in [1.82, 2.24) is 20.0 Å². The maximum absolute atomic E-state index is 13.0. The molecule has 160 valence electrons. The molecule has 0 bridgehead atoms. The van der Waals surface area contributed by atoms with E-state index in [1.165, 1.54) is 5.56 Å². The Bertz CT molecular complexity index is 874. The number of nitrogens with zero attached hydrogens (tertiary/aromatic N) is 3. The van der Waals surface area contributed by atoms with Crippen LogP contribution in [0.15, 0.2) is 18.2 Å². The van der Waals surface area contributed by atoms with Gasteiger partial charge in [0.05, 0.1) is 0 Å². The second-order valence-electron chi connectivity index (χ2n) is 9.06. The Morgan fingerprint density at radius 1 is 1.07 bits per heavy atom. The van der Waals surface area contributed by atoms with Crippen LogP contribution in [0.1, 0.15) is 47.2 Å². The van der Waals surface area contributed by atoms with Crippen LogP contribution in [-0.4, -0.2) is 76.7 Å². The van der Waals surface area contributed by atoms with Crippen LogP contribution < -0.4 is 11.1 Å².